The first-order valence-electron chi connectivity index (χ1n) is 9.13. The maximum atomic E-state index is 12.5. The summed E-state index contributed by atoms with van der Waals surface area (Å²) in [5, 5.41) is 2.95. The third-order valence-electron chi connectivity index (χ3n) is 4.27. The van der Waals surface area contributed by atoms with Crippen LogP contribution in [0.5, 0.6) is 0 Å². The van der Waals surface area contributed by atoms with Gasteiger partial charge in [0.15, 0.2) is 0 Å². The Hall–Kier alpha value is -2.18. The van der Waals surface area contributed by atoms with Crippen molar-refractivity contribution in [1.82, 2.24) is 10.0 Å². The molecule has 0 aliphatic heterocycles. The molecule has 0 heterocycles. The van der Waals surface area contributed by atoms with Crippen molar-refractivity contribution in [2.75, 3.05) is 0 Å². The van der Waals surface area contributed by atoms with E-state index < -0.39 is 10.0 Å². The minimum Gasteiger partial charge on any atom is -0.346 e. The van der Waals surface area contributed by atoms with Crippen molar-refractivity contribution in [2.45, 2.75) is 57.5 Å². The molecule has 0 saturated carbocycles. The molecule has 146 valence electrons. The van der Waals surface area contributed by atoms with Crippen LogP contribution in [-0.4, -0.2) is 20.4 Å². The van der Waals surface area contributed by atoms with Crippen LogP contribution in [-0.2, 0) is 10.0 Å². The van der Waals surface area contributed by atoms with Crippen LogP contribution in [0.4, 0.5) is 0 Å². The molecule has 0 spiro atoms. The van der Waals surface area contributed by atoms with Gasteiger partial charge in [0.2, 0.25) is 10.0 Å². The molecule has 0 radical (unpaired) electrons. The highest BCUT2D eigenvalue weighted by Gasteiger charge is 2.17. The van der Waals surface area contributed by atoms with Gasteiger partial charge in [0.1, 0.15) is 0 Å². The first-order valence-corrected chi connectivity index (χ1v) is 10.6. The van der Waals surface area contributed by atoms with Crippen LogP contribution in [0.3, 0.4) is 0 Å². The molecule has 27 heavy (non-hydrogen) atoms. The van der Waals surface area contributed by atoms with Crippen molar-refractivity contribution >= 4 is 15.9 Å². The van der Waals surface area contributed by atoms with E-state index in [2.05, 4.69) is 36.0 Å². The van der Waals surface area contributed by atoms with Crippen molar-refractivity contribution in [3.05, 3.63) is 65.2 Å². The number of hydrogen-bond donors (Lipinski definition) is 2. The first-order chi connectivity index (χ1) is 12.6. The number of carbonyl (C=O) groups excluding carboxylic acids is 1. The third kappa shape index (κ3) is 5.65. The fourth-order valence-electron chi connectivity index (χ4n) is 2.70. The number of benzene rings is 2. The molecule has 0 aliphatic carbocycles. The van der Waals surface area contributed by atoms with Crippen LogP contribution in [0.2, 0.25) is 0 Å². The summed E-state index contributed by atoms with van der Waals surface area (Å²) in [5.74, 6) is 0.222. The summed E-state index contributed by atoms with van der Waals surface area (Å²) < 4.78 is 26.8. The van der Waals surface area contributed by atoms with E-state index in [1.54, 1.807) is 13.8 Å². The largest absolute Gasteiger partial charge is 0.346 e. The fourth-order valence-corrected chi connectivity index (χ4v) is 3.95. The van der Waals surface area contributed by atoms with Gasteiger partial charge in [-0.25, -0.2) is 13.1 Å². The molecular formula is C21H28N2O3S. The number of hydrogen-bond acceptors (Lipinski definition) is 3. The Kier molecular flexibility index (Phi) is 6.78. The highest BCUT2D eigenvalue weighted by Crippen LogP contribution is 2.19. The molecule has 2 aromatic rings. The number of amides is 1. The highest BCUT2D eigenvalue weighted by molar-refractivity contribution is 7.89. The molecule has 0 saturated heterocycles. The molecule has 0 bridgehead atoms. The fraction of sp³-hybridized carbons (Fsp3) is 0.381. The van der Waals surface area contributed by atoms with Crippen molar-refractivity contribution < 1.29 is 13.2 Å². The van der Waals surface area contributed by atoms with E-state index in [-0.39, 0.29) is 22.9 Å². The van der Waals surface area contributed by atoms with Crippen LogP contribution < -0.4 is 10.0 Å². The van der Waals surface area contributed by atoms with E-state index in [9.17, 15) is 13.2 Å². The zero-order valence-electron chi connectivity index (χ0n) is 16.5. The van der Waals surface area contributed by atoms with E-state index in [0.29, 0.717) is 11.5 Å². The lowest BCUT2D eigenvalue weighted by atomic mass is 9.99. The lowest BCUT2D eigenvalue weighted by Gasteiger charge is -2.16. The van der Waals surface area contributed by atoms with E-state index in [0.717, 1.165) is 5.56 Å². The SMILES string of the molecule is CC(C)NS(=O)(=O)c1ccc(C(=O)NC(C)c2ccc(C(C)C)cc2)cc1. The molecule has 0 aromatic heterocycles. The van der Waals surface area contributed by atoms with Crippen molar-refractivity contribution in [3.63, 3.8) is 0 Å². The van der Waals surface area contributed by atoms with Crippen molar-refractivity contribution in [2.24, 2.45) is 0 Å². The van der Waals surface area contributed by atoms with Gasteiger partial charge in [-0.2, -0.15) is 0 Å². The molecular weight excluding hydrogens is 360 g/mol. The third-order valence-corrected chi connectivity index (χ3v) is 5.94. The summed E-state index contributed by atoms with van der Waals surface area (Å²) in [7, 11) is -3.56. The lowest BCUT2D eigenvalue weighted by Crippen LogP contribution is -2.30. The Morgan fingerprint density at radius 3 is 1.81 bits per heavy atom. The maximum absolute atomic E-state index is 12.5. The zero-order chi connectivity index (χ0) is 20.2. The summed E-state index contributed by atoms with van der Waals surface area (Å²) in [6.45, 7) is 9.72. The molecule has 1 amide bonds. The van der Waals surface area contributed by atoms with E-state index >= 15 is 0 Å². The second kappa shape index (κ2) is 8.67. The monoisotopic (exact) mass is 388 g/mol. The maximum Gasteiger partial charge on any atom is 0.251 e. The average Bonchev–Trinajstić information content (AvgIpc) is 2.60. The molecule has 2 N–H and O–H groups in total. The number of nitrogens with one attached hydrogen (secondary N) is 2. The van der Waals surface area contributed by atoms with E-state index in [1.807, 2.05) is 19.1 Å². The predicted octanol–water partition coefficient (Wildman–Crippen LogP) is 3.99. The number of rotatable bonds is 7. The van der Waals surface area contributed by atoms with Crippen LogP contribution in [0.15, 0.2) is 53.4 Å². The minimum absolute atomic E-state index is 0.144. The first kappa shape index (κ1) is 21.1. The zero-order valence-corrected chi connectivity index (χ0v) is 17.3. The Labute approximate surface area is 162 Å². The molecule has 0 aliphatic rings. The Morgan fingerprint density at radius 2 is 1.33 bits per heavy atom. The van der Waals surface area contributed by atoms with Gasteiger partial charge in [-0.15, -0.1) is 0 Å². The van der Waals surface area contributed by atoms with Gasteiger partial charge in [-0.05, 0) is 62.1 Å². The van der Waals surface area contributed by atoms with E-state index in [1.165, 1.54) is 29.8 Å². The Bertz CT molecular complexity index is 871. The molecule has 2 aromatic carbocycles. The highest BCUT2D eigenvalue weighted by atomic mass is 32.2. The normalized spacial score (nSPS) is 13.0. The second-order valence-electron chi connectivity index (χ2n) is 7.32. The van der Waals surface area contributed by atoms with Crippen molar-refractivity contribution in [1.29, 1.82) is 0 Å². The molecule has 5 nitrogen and oxygen atoms in total. The summed E-state index contributed by atoms with van der Waals surface area (Å²) in [6, 6.07) is 13.8. The summed E-state index contributed by atoms with van der Waals surface area (Å²) in [4.78, 5) is 12.6. The molecule has 1 unspecified atom stereocenters. The smallest absolute Gasteiger partial charge is 0.251 e. The van der Waals surface area contributed by atoms with Gasteiger partial charge in [0.25, 0.3) is 5.91 Å². The number of carbonyl (C=O) groups is 1. The van der Waals surface area contributed by atoms with Gasteiger partial charge in [-0.3, -0.25) is 4.79 Å². The van der Waals surface area contributed by atoms with Crippen LogP contribution in [0.25, 0.3) is 0 Å². The summed E-state index contributed by atoms with van der Waals surface area (Å²) in [5.41, 5.74) is 2.70. The molecule has 0 fully saturated rings. The standard InChI is InChI=1S/C21H28N2O3S/c1-14(2)17-6-8-18(9-7-17)16(5)22-21(24)19-10-12-20(13-11-19)27(25,26)23-15(3)4/h6-16,23H,1-5H3,(H,22,24). The van der Waals surface area contributed by atoms with Gasteiger partial charge in [0, 0.05) is 11.6 Å². The molecule has 2 rings (SSSR count). The predicted molar refractivity (Wildman–Crippen MR) is 108 cm³/mol. The average molecular weight is 389 g/mol. The second-order valence-corrected chi connectivity index (χ2v) is 9.03. The quantitative estimate of drug-likeness (QED) is 0.753. The Balaban J connectivity index is 2.07. The van der Waals surface area contributed by atoms with Crippen LogP contribution in [0.1, 0.15) is 68.1 Å². The van der Waals surface area contributed by atoms with Crippen LogP contribution >= 0.6 is 0 Å². The summed E-state index contributed by atoms with van der Waals surface area (Å²) in [6.07, 6.45) is 0. The van der Waals surface area contributed by atoms with Gasteiger partial charge in [0.05, 0.1) is 10.9 Å². The number of sulfonamides is 1. The summed E-state index contributed by atoms with van der Waals surface area (Å²) >= 11 is 0. The van der Waals surface area contributed by atoms with Gasteiger partial charge in [-0.1, -0.05) is 38.1 Å². The topological polar surface area (TPSA) is 75.3 Å². The Morgan fingerprint density at radius 1 is 0.815 bits per heavy atom. The lowest BCUT2D eigenvalue weighted by molar-refractivity contribution is 0.0939. The van der Waals surface area contributed by atoms with Gasteiger partial charge < -0.3 is 5.32 Å². The molecule has 6 heteroatoms. The van der Waals surface area contributed by atoms with Crippen molar-refractivity contribution in [3.8, 4) is 0 Å². The molecule has 1 atom stereocenters. The van der Waals surface area contributed by atoms with E-state index in [4.69, 9.17) is 0 Å². The minimum atomic E-state index is -3.56. The van der Waals surface area contributed by atoms with Crippen LogP contribution in [0, 0.1) is 0 Å². The van der Waals surface area contributed by atoms with Gasteiger partial charge >= 0.3 is 0 Å².